The Labute approximate surface area is 92.5 Å². The van der Waals surface area contributed by atoms with Crippen LogP contribution in [0.2, 0.25) is 0 Å². The number of nitrogens with two attached hydrogens (primary N) is 1. The van der Waals surface area contributed by atoms with Crippen molar-refractivity contribution in [2.45, 2.75) is 33.2 Å². The second kappa shape index (κ2) is 4.84. The van der Waals surface area contributed by atoms with E-state index in [0.29, 0.717) is 24.0 Å². The Hall–Kier alpha value is -0.770. The summed E-state index contributed by atoms with van der Waals surface area (Å²) < 4.78 is 5.08. The lowest BCUT2D eigenvalue weighted by Gasteiger charge is -2.31. The van der Waals surface area contributed by atoms with Crippen molar-refractivity contribution in [2.75, 3.05) is 26.8 Å². The molecule has 1 heterocycles. The van der Waals surface area contributed by atoms with Gasteiger partial charge >= 0.3 is 0 Å². The van der Waals surface area contributed by atoms with E-state index in [1.54, 1.807) is 7.11 Å². The van der Waals surface area contributed by atoms with Gasteiger partial charge in [-0.3, -0.25) is 4.99 Å². The SMILES string of the molecule is COCCN1C(N)=NCC1CC(C)(C)C. The Morgan fingerprint density at radius 2 is 2.20 bits per heavy atom. The van der Waals surface area contributed by atoms with Crippen molar-refractivity contribution in [3.05, 3.63) is 0 Å². The Balaban J connectivity index is 2.51. The van der Waals surface area contributed by atoms with Crippen LogP contribution in [0.5, 0.6) is 0 Å². The smallest absolute Gasteiger partial charge is 0.191 e. The topological polar surface area (TPSA) is 50.9 Å². The molecule has 0 aliphatic carbocycles. The first kappa shape index (κ1) is 12.3. The quantitative estimate of drug-likeness (QED) is 0.760. The highest BCUT2D eigenvalue weighted by Crippen LogP contribution is 2.25. The highest BCUT2D eigenvalue weighted by Gasteiger charge is 2.29. The summed E-state index contributed by atoms with van der Waals surface area (Å²) in [6.45, 7) is 9.11. The molecular weight excluding hydrogens is 190 g/mol. The third-order valence-electron chi connectivity index (χ3n) is 2.58. The van der Waals surface area contributed by atoms with Gasteiger partial charge in [-0.1, -0.05) is 20.8 Å². The fourth-order valence-corrected chi connectivity index (χ4v) is 1.94. The van der Waals surface area contributed by atoms with Gasteiger partial charge in [-0.25, -0.2) is 0 Å². The predicted molar refractivity (Wildman–Crippen MR) is 62.9 cm³/mol. The van der Waals surface area contributed by atoms with Crippen molar-refractivity contribution in [1.29, 1.82) is 0 Å². The monoisotopic (exact) mass is 213 g/mol. The first-order valence-electron chi connectivity index (χ1n) is 5.49. The zero-order valence-corrected chi connectivity index (χ0v) is 10.3. The number of nitrogens with zero attached hydrogens (tertiary/aromatic N) is 2. The molecule has 4 heteroatoms. The molecule has 0 fully saturated rings. The van der Waals surface area contributed by atoms with Crippen LogP contribution in [-0.4, -0.2) is 43.7 Å². The Bertz CT molecular complexity index is 232. The second-order valence-electron chi connectivity index (χ2n) is 5.30. The van der Waals surface area contributed by atoms with Crippen molar-refractivity contribution in [2.24, 2.45) is 16.1 Å². The summed E-state index contributed by atoms with van der Waals surface area (Å²) >= 11 is 0. The standard InChI is InChI=1S/C11H23N3O/c1-11(2,3)7-9-8-13-10(12)14(9)5-6-15-4/h9H,5-8H2,1-4H3,(H2,12,13). The van der Waals surface area contributed by atoms with Crippen LogP contribution in [-0.2, 0) is 4.74 Å². The van der Waals surface area contributed by atoms with Crippen LogP contribution in [0.15, 0.2) is 4.99 Å². The minimum absolute atomic E-state index is 0.316. The maximum absolute atomic E-state index is 5.85. The molecule has 0 saturated carbocycles. The van der Waals surface area contributed by atoms with Gasteiger partial charge in [0.15, 0.2) is 5.96 Å². The van der Waals surface area contributed by atoms with E-state index in [1.165, 1.54) is 0 Å². The van der Waals surface area contributed by atoms with E-state index >= 15 is 0 Å². The Kier molecular flexibility index (Phi) is 3.97. The molecule has 0 saturated heterocycles. The van der Waals surface area contributed by atoms with Gasteiger partial charge in [-0.15, -0.1) is 0 Å². The van der Waals surface area contributed by atoms with Gasteiger partial charge in [0.25, 0.3) is 0 Å². The van der Waals surface area contributed by atoms with Crippen molar-refractivity contribution < 1.29 is 4.74 Å². The zero-order chi connectivity index (χ0) is 11.5. The largest absolute Gasteiger partial charge is 0.383 e. The summed E-state index contributed by atoms with van der Waals surface area (Å²) in [7, 11) is 1.71. The molecule has 4 nitrogen and oxygen atoms in total. The van der Waals surface area contributed by atoms with Crippen molar-refractivity contribution in [3.63, 3.8) is 0 Å². The minimum atomic E-state index is 0.316. The molecule has 1 rings (SSSR count). The fraction of sp³-hybridized carbons (Fsp3) is 0.909. The lowest BCUT2D eigenvalue weighted by Crippen LogP contribution is -2.44. The molecule has 0 amide bonds. The number of methoxy groups -OCH3 is 1. The van der Waals surface area contributed by atoms with Crippen molar-refractivity contribution >= 4 is 5.96 Å². The first-order valence-corrected chi connectivity index (χ1v) is 5.49. The van der Waals surface area contributed by atoms with E-state index in [2.05, 4.69) is 30.7 Å². The third-order valence-corrected chi connectivity index (χ3v) is 2.58. The molecule has 15 heavy (non-hydrogen) atoms. The van der Waals surface area contributed by atoms with Crippen LogP contribution < -0.4 is 5.73 Å². The average Bonchev–Trinajstić information content (AvgIpc) is 2.42. The molecule has 1 aliphatic rings. The Morgan fingerprint density at radius 1 is 1.53 bits per heavy atom. The van der Waals surface area contributed by atoms with Crippen LogP contribution in [0.4, 0.5) is 0 Å². The first-order chi connectivity index (χ1) is 6.94. The lowest BCUT2D eigenvalue weighted by atomic mass is 9.88. The number of hydrogen-bond acceptors (Lipinski definition) is 4. The van der Waals surface area contributed by atoms with E-state index in [9.17, 15) is 0 Å². The zero-order valence-electron chi connectivity index (χ0n) is 10.3. The van der Waals surface area contributed by atoms with Gasteiger partial charge in [-0.05, 0) is 11.8 Å². The van der Waals surface area contributed by atoms with Crippen LogP contribution in [0.3, 0.4) is 0 Å². The normalized spacial score (nSPS) is 22.0. The van der Waals surface area contributed by atoms with Crippen molar-refractivity contribution in [1.82, 2.24) is 4.90 Å². The summed E-state index contributed by atoms with van der Waals surface area (Å²) in [5.41, 5.74) is 6.16. The lowest BCUT2D eigenvalue weighted by molar-refractivity contribution is 0.154. The summed E-state index contributed by atoms with van der Waals surface area (Å²) in [4.78, 5) is 6.46. The van der Waals surface area contributed by atoms with Crippen LogP contribution in [0.25, 0.3) is 0 Å². The highest BCUT2D eigenvalue weighted by molar-refractivity contribution is 5.80. The van der Waals surface area contributed by atoms with Gasteiger partial charge in [-0.2, -0.15) is 0 Å². The Morgan fingerprint density at radius 3 is 2.73 bits per heavy atom. The molecule has 0 aromatic heterocycles. The van der Waals surface area contributed by atoms with Gasteiger partial charge in [0.2, 0.25) is 0 Å². The summed E-state index contributed by atoms with van der Waals surface area (Å²) in [6, 6.07) is 0.445. The van der Waals surface area contributed by atoms with Crippen LogP contribution >= 0.6 is 0 Å². The molecule has 0 aromatic carbocycles. The minimum Gasteiger partial charge on any atom is -0.383 e. The molecule has 0 bridgehead atoms. The molecule has 2 N–H and O–H groups in total. The molecule has 1 aliphatic heterocycles. The van der Waals surface area contributed by atoms with Gasteiger partial charge < -0.3 is 15.4 Å². The molecular formula is C11H23N3O. The second-order valence-corrected chi connectivity index (χ2v) is 5.30. The molecule has 0 aromatic rings. The number of hydrogen-bond donors (Lipinski definition) is 1. The summed E-state index contributed by atoms with van der Waals surface area (Å²) in [6.07, 6.45) is 1.11. The molecule has 1 atom stereocenters. The van der Waals surface area contributed by atoms with Crippen molar-refractivity contribution in [3.8, 4) is 0 Å². The molecule has 88 valence electrons. The maximum Gasteiger partial charge on any atom is 0.191 e. The van der Waals surface area contributed by atoms with Crippen LogP contribution in [0.1, 0.15) is 27.2 Å². The van der Waals surface area contributed by atoms with E-state index < -0.39 is 0 Å². The number of ether oxygens (including phenoxy) is 1. The predicted octanol–water partition coefficient (Wildman–Crippen LogP) is 1.07. The van der Waals surface area contributed by atoms with E-state index in [4.69, 9.17) is 10.5 Å². The van der Waals surface area contributed by atoms with Gasteiger partial charge in [0, 0.05) is 13.7 Å². The van der Waals surface area contributed by atoms with E-state index in [0.717, 1.165) is 19.5 Å². The number of rotatable bonds is 4. The fourth-order valence-electron chi connectivity index (χ4n) is 1.94. The van der Waals surface area contributed by atoms with Crippen LogP contribution in [0, 0.1) is 5.41 Å². The summed E-state index contributed by atoms with van der Waals surface area (Å²) in [5.74, 6) is 0.668. The highest BCUT2D eigenvalue weighted by atomic mass is 16.5. The van der Waals surface area contributed by atoms with E-state index in [-0.39, 0.29) is 0 Å². The van der Waals surface area contributed by atoms with Gasteiger partial charge in [0.05, 0.1) is 19.2 Å². The van der Waals surface area contributed by atoms with Gasteiger partial charge in [0.1, 0.15) is 0 Å². The van der Waals surface area contributed by atoms with E-state index in [1.807, 2.05) is 0 Å². The third kappa shape index (κ3) is 3.70. The number of guanidine groups is 1. The average molecular weight is 213 g/mol. The molecule has 1 unspecified atom stereocenters. The maximum atomic E-state index is 5.85. The molecule has 0 radical (unpaired) electrons. The number of aliphatic imine (C=N–C) groups is 1. The summed E-state index contributed by atoms with van der Waals surface area (Å²) in [5, 5.41) is 0. The molecule has 0 spiro atoms.